The number of rotatable bonds is 2. The van der Waals surface area contributed by atoms with E-state index in [2.05, 4.69) is 4.98 Å². The number of carbonyl (C=O) groups is 1. The number of aromatic nitrogens is 1. The summed E-state index contributed by atoms with van der Waals surface area (Å²) in [5, 5.41) is 10.1. The van der Waals surface area contributed by atoms with Gasteiger partial charge in [0.1, 0.15) is 4.34 Å². The van der Waals surface area contributed by atoms with Gasteiger partial charge in [-0.3, -0.25) is 0 Å². The molecule has 0 atom stereocenters. The standard InChI is InChI=1S/C5H3Cl2NO2S.Na/c6-4-2(1-3(9)10)8-5(7)11-4;/h1H2,(H,9,10);/q;+1/p-1. The number of aliphatic carboxylic acids is 1. The van der Waals surface area contributed by atoms with Crippen molar-refractivity contribution in [3.8, 4) is 0 Å². The molecule has 0 spiro atoms. The fourth-order valence-corrected chi connectivity index (χ4v) is 1.87. The molecular weight excluding hydrogens is 232 g/mol. The molecule has 0 fully saturated rings. The van der Waals surface area contributed by atoms with Crippen molar-refractivity contribution in [2.24, 2.45) is 0 Å². The zero-order valence-corrected chi connectivity index (χ0v) is 10.5. The predicted octanol–water partition coefficient (Wildman–Crippen LogP) is -2.25. The van der Waals surface area contributed by atoms with Crippen LogP contribution in [0.4, 0.5) is 0 Å². The van der Waals surface area contributed by atoms with E-state index in [-0.39, 0.29) is 46.1 Å². The Balaban J connectivity index is 0.00000121. The van der Waals surface area contributed by atoms with Crippen LogP contribution in [0.5, 0.6) is 0 Å². The van der Waals surface area contributed by atoms with Crippen LogP contribution in [-0.2, 0) is 11.2 Å². The molecule has 60 valence electrons. The molecule has 0 aliphatic carbocycles. The first-order valence-electron chi connectivity index (χ1n) is 2.60. The minimum Gasteiger partial charge on any atom is -0.550 e. The maximum absolute atomic E-state index is 10.1. The molecule has 0 radical (unpaired) electrons. The second-order valence-electron chi connectivity index (χ2n) is 1.74. The van der Waals surface area contributed by atoms with E-state index in [1.807, 2.05) is 0 Å². The maximum atomic E-state index is 10.1. The topological polar surface area (TPSA) is 53.0 Å². The van der Waals surface area contributed by atoms with Crippen molar-refractivity contribution in [3.05, 3.63) is 14.5 Å². The van der Waals surface area contributed by atoms with Crippen LogP contribution in [0.2, 0.25) is 8.80 Å². The second-order valence-corrected chi connectivity index (χ2v) is 3.92. The largest absolute Gasteiger partial charge is 1.00 e. The molecule has 0 unspecified atom stereocenters. The van der Waals surface area contributed by atoms with Crippen LogP contribution >= 0.6 is 34.5 Å². The van der Waals surface area contributed by atoms with E-state index in [4.69, 9.17) is 23.2 Å². The van der Waals surface area contributed by atoms with Gasteiger partial charge in [0.05, 0.1) is 5.69 Å². The third-order valence-corrected chi connectivity index (χ3v) is 2.38. The number of carboxylic acids is 1. The Labute approximate surface area is 105 Å². The van der Waals surface area contributed by atoms with Crippen LogP contribution in [-0.4, -0.2) is 11.0 Å². The van der Waals surface area contributed by atoms with Crippen molar-refractivity contribution in [3.63, 3.8) is 0 Å². The predicted molar refractivity (Wildman–Crippen MR) is 40.8 cm³/mol. The van der Waals surface area contributed by atoms with Gasteiger partial charge in [-0.2, -0.15) is 0 Å². The molecule has 0 aromatic carbocycles. The Hall–Kier alpha value is 0.680. The van der Waals surface area contributed by atoms with Crippen molar-refractivity contribution < 1.29 is 39.5 Å². The molecule has 1 aromatic rings. The molecule has 1 aromatic heterocycles. The van der Waals surface area contributed by atoms with Gasteiger partial charge < -0.3 is 9.90 Å². The monoisotopic (exact) mass is 233 g/mol. The molecule has 1 rings (SSSR count). The zero-order valence-electron chi connectivity index (χ0n) is 6.13. The number of halogens is 2. The number of carbonyl (C=O) groups excluding carboxylic acids is 1. The zero-order chi connectivity index (χ0) is 8.43. The summed E-state index contributed by atoms with van der Waals surface area (Å²) in [5.74, 6) is -1.21. The molecule has 12 heavy (non-hydrogen) atoms. The normalized spacial score (nSPS) is 9.17. The van der Waals surface area contributed by atoms with Gasteiger partial charge in [0.15, 0.2) is 4.47 Å². The van der Waals surface area contributed by atoms with E-state index in [9.17, 15) is 9.90 Å². The Bertz CT molecular complexity index is 291. The van der Waals surface area contributed by atoms with Crippen molar-refractivity contribution in [2.75, 3.05) is 0 Å². The third kappa shape index (κ3) is 3.60. The number of nitrogens with zero attached hydrogens (tertiary/aromatic N) is 1. The summed E-state index contributed by atoms with van der Waals surface area (Å²) in [6.45, 7) is 0. The summed E-state index contributed by atoms with van der Waals surface area (Å²) in [5.41, 5.74) is 0.265. The summed E-state index contributed by atoms with van der Waals surface area (Å²) in [7, 11) is 0. The molecule has 7 heteroatoms. The van der Waals surface area contributed by atoms with Crippen LogP contribution < -0.4 is 34.7 Å². The SMILES string of the molecule is O=C([O-])Cc1nc(Cl)sc1Cl.[Na+]. The Morgan fingerprint density at radius 1 is 1.58 bits per heavy atom. The molecule has 0 bridgehead atoms. The molecule has 3 nitrogen and oxygen atoms in total. The first-order valence-corrected chi connectivity index (χ1v) is 4.17. The van der Waals surface area contributed by atoms with Crippen LogP contribution in [0.15, 0.2) is 0 Å². The molecule has 0 aliphatic heterocycles. The second kappa shape index (κ2) is 5.42. The quantitative estimate of drug-likeness (QED) is 0.543. The first-order chi connectivity index (χ1) is 5.09. The number of hydrogen-bond acceptors (Lipinski definition) is 4. The molecule has 0 amide bonds. The Kier molecular flexibility index (Phi) is 5.73. The van der Waals surface area contributed by atoms with E-state index < -0.39 is 5.97 Å². The summed E-state index contributed by atoms with van der Waals surface area (Å²) in [6, 6.07) is 0. The first kappa shape index (κ1) is 12.7. The van der Waals surface area contributed by atoms with Crippen LogP contribution in [0.25, 0.3) is 0 Å². The fourth-order valence-electron chi connectivity index (χ4n) is 0.551. The molecule has 0 N–H and O–H groups in total. The van der Waals surface area contributed by atoms with Crippen molar-refractivity contribution in [1.29, 1.82) is 0 Å². The molecule has 0 saturated carbocycles. The Morgan fingerprint density at radius 2 is 2.17 bits per heavy atom. The van der Waals surface area contributed by atoms with E-state index in [0.717, 1.165) is 11.3 Å². The van der Waals surface area contributed by atoms with Gasteiger partial charge in [0, 0.05) is 12.4 Å². The minimum atomic E-state index is -1.21. The molecular formula is C5H2Cl2NNaO2S. The summed E-state index contributed by atoms with van der Waals surface area (Å²) in [4.78, 5) is 13.8. The van der Waals surface area contributed by atoms with Gasteiger partial charge >= 0.3 is 29.6 Å². The third-order valence-electron chi connectivity index (χ3n) is 0.935. The summed E-state index contributed by atoms with van der Waals surface area (Å²) in [6.07, 6.45) is -0.290. The van der Waals surface area contributed by atoms with Crippen molar-refractivity contribution >= 4 is 40.5 Å². The van der Waals surface area contributed by atoms with E-state index >= 15 is 0 Å². The van der Waals surface area contributed by atoms with E-state index in [0.29, 0.717) is 4.34 Å². The van der Waals surface area contributed by atoms with Gasteiger partial charge in [0.2, 0.25) is 0 Å². The summed E-state index contributed by atoms with van der Waals surface area (Å²) < 4.78 is 0.547. The number of hydrogen-bond donors (Lipinski definition) is 0. The summed E-state index contributed by atoms with van der Waals surface area (Å²) >= 11 is 12.1. The fraction of sp³-hybridized carbons (Fsp3) is 0.200. The van der Waals surface area contributed by atoms with Gasteiger partial charge in [0.25, 0.3) is 0 Å². The van der Waals surface area contributed by atoms with Crippen LogP contribution in [0.1, 0.15) is 5.69 Å². The smallest absolute Gasteiger partial charge is 0.550 e. The molecule has 0 aliphatic rings. The molecule has 1 heterocycles. The van der Waals surface area contributed by atoms with Crippen molar-refractivity contribution in [2.45, 2.75) is 6.42 Å². The van der Waals surface area contributed by atoms with Crippen LogP contribution in [0.3, 0.4) is 0 Å². The van der Waals surface area contributed by atoms with Gasteiger partial charge in [-0.1, -0.05) is 34.5 Å². The van der Waals surface area contributed by atoms with Gasteiger partial charge in [-0.25, -0.2) is 4.98 Å². The number of carboxylic acid groups (broad SMARTS) is 1. The van der Waals surface area contributed by atoms with Crippen LogP contribution in [0, 0.1) is 0 Å². The molecule has 0 saturated heterocycles. The van der Waals surface area contributed by atoms with Gasteiger partial charge in [-0.15, -0.1) is 0 Å². The number of thiazole rings is 1. The van der Waals surface area contributed by atoms with E-state index in [1.54, 1.807) is 0 Å². The Morgan fingerprint density at radius 3 is 2.50 bits per heavy atom. The average molecular weight is 234 g/mol. The maximum Gasteiger partial charge on any atom is 1.00 e. The van der Waals surface area contributed by atoms with Crippen molar-refractivity contribution in [1.82, 2.24) is 4.98 Å². The van der Waals surface area contributed by atoms with E-state index in [1.165, 1.54) is 0 Å². The average Bonchev–Trinajstić information content (AvgIpc) is 2.09. The minimum absolute atomic E-state index is 0. The van der Waals surface area contributed by atoms with Gasteiger partial charge in [-0.05, 0) is 0 Å².